The molecule has 0 aliphatic rings. The molecule has 0 aliphatic heterocycles. The Bertz CT molecular complexity index is 1060. The summed E-state index contributed by atoms with van der Waals surface area (Å²) in [5.74, 6) is -1.25. The monoisotopic (exact) mass is 463 g/mol. The molecule has 0 bridgehead atoms. The second-order valence-electron chi connectivity index (χ2n) is 5.53. The number of nitrogens with zero attached hydrogens (tertiary/aromatic N) is 1. The minimum Gasteiger partial charge on any atom is -0.451 e. The van der Waals surface area contributed by atoms with E-state index in [0.717, 1.165) is 9.13 Å². The lowest BCUT2D eigenvalue weighted by Crippen LogP contribution is -2.23. The van der Waals surface area contributed by atoms with Crippen LogP contribution < -0.4 is 10.9 Å². The van der Waals surface area contributed by atoms with E-state index in [2.05, 4.69) is 38.1 Å². The summed E-state index contributed by atoms with van der Waals surface area (Å²) < 4.78 is 6.09. The largest absolute Gasteiger partial charge is 0.451 e. The van der Waals surface area contributed by atoms with Gasteiger partial charge in [-0.25, -0.2) is 9.89 Å². The number of aromatic amines is 1. The van der Waals surface area contributed by atoms with Gasteiger partial charge in [0.2, 0.25) is 0 Å². The van der Waals surface area contributed by atoms with Crippen LogP contribution in [0.2, 0.25) is 0 Å². The Hall–Kier alpha value is -2.75. The number of carbonyl (C=O) groups is 2. The van der Waals surface area contributed by atoms with Crippen molar-refractivity contribution < 1.29 is 14.3 Å². The molecular formula is C18H14IN3O4. The van der Waals surface area contributed by atoms with Crippen molar-refractivity contribution in [3.63, 3.8) is 0 Å². The molecule has 3 rings (SSSR count). The SMILES string of the molecule is Cc1cc(I)ccc1NC(=O)COC(=O)c1n[nH]c(=O)c2ccccc12. The summed E-state index contributed by atoms with van der Waals surface area (Å²) in [6, 6.07) is 12.1. The van der Waals surface area contributed by atoms with E-state index in [9.17, 15) is 14.4 Å². The van der Waals surface area contributed by atoms with E-state index in [0.29, 0.717) is 16.5 Å². The fourth-order valence-electron chi connectivity index (χ4n) is 2.42. The number of nitrogens with one attached hydrogen (secondary N) is 2. The molecule has 1 amide bonds. The number of hydrogen-bond acceptors (Lipinski definition) is 5. The highest BCUT2D eigenvalue weighted by atomic mass is 127. The van der Waals surface area contributed by atoms with Crippen molar-refractivity contribution in [3.8, 4) is 0 Å². The molecule has 7 nitrogen and oxygen atoms in total. The van der Waals surface area contributed by atoms with Crippen molar-refractivity contribution in [3.05, 3.63) is 67.6 Å². The molecule has 0 atom stereocenters. The van der Waals surface area contributed by atoms with Gasteiger partial charge in [-0.3, -0.25) is 9.59 Å². The average molecular weight is 463 g/mol. The standard InChI is InChI=1S/C18H14IN3O4/c1-10-8-11(19)6-7-14(10)20-15(23)9-26-18(25)16-12-4-2-3-5-13(12)17(24)22-21-16/h2-8H,9H2,1H3,(H,20,23)(H,22,24). The summed E-state index contributed by atoms with van der Waals surface area (Å²) in [7, 11) is 0. The first kappa shape index (κ1) is 18.1. The summed E-state index contributed by atoms with van der Waals surface area (Å²) in [5, 5.41) is 9.39. The number of ether oxygens (including phenoxy) is 1. The Morgan fingerprint density at radius 3 is 2.65 bits per heavy atom. The van der Waals surface area contributed by atoms with Crippen LogP contribution in [-0.4, -0.2) is 28.7 Å². The van der Waals surface area contributed by atoms with E-state index in [1.165, 1.54) is 0 Å². The topological polar surface area (TPSA) is 101 Å². The van der Waals surface area contributed by atoms with Crippen LogP contribution in [0.1, 0.15) is 16.1 Å². The van der Waals surface area contributed by atoms with Crippen molar-refractivity contribution in [2.75, 3.05) is 11.9 Å². The van der Waals surface area contributed by atoms with Gasteiger partial charge in [0.25, 0.3) is 11.5 Å². The molecule has 0 unspecified atom stereocenters. The third-order valence-electron chi connectivity index (χ3n) is 3.69. The predicted octanol–water partition coefficient (Wildman–Crippen LogP) is 2.63. The number of aryl methyl sites for hydroxylation is 1. The number of halogens is 1. The number of aromatic nitrogens is 2. The van der Waals surface area contributed by atoms with Gasteiger partial charge in [-0.2, -0.15) is 5.10 Å². The number of amides is 1. The number of H-pyrrole nitrogens is 1. The van der Waals surface area contributed by atoms with Gasteiger partial charge in [-0.05, 0) is 59.3 Å². The number of hydrogen-bond donors (Lipinski definition) is 2. The van der Waals surface area contributed by atoms with E-state index < -0.39 is 24.0 Å². The summed E-state index contributed by atoms with van der Waals surface area (Å²) in [6.45, 7) is 1.42. The molecule has 2 aromatic carbocycles. The van der Waals surface area contributed by atoms with Gasteiger partial charge in [-0.15, -0.1) is 0 Å². The van der Waals surface area contributed by atoms with Crippen LogP contribution in [0.15, 0.2) is 47.3 Å². The molecule has 8 heteroatoms. The lowest BCUT2D eigenvalue weighted by molar-refractivity contribution is -0.119. The molecule has 2 N–H and O–H groups in total. The maximum absolute atomic E-state index is 12.3. The molecule has 132 valence electrons. The lowest BCUT2D eigenvalue weighted by atomic mass is 10.1. The fourth-order valence-corrected chi connectivity index (χ4v) is 3.07. The van der Waals surface area contributed by atoms with Crippen LogP contribution in [0.5, 0.6) is 0 Å². The quantitative estimate of drug-likeness (QED) is 0.458. The smallest absolute Gasteiger partial charge is 0.359 e. The van der Waals surface area contributed by atoms with E-state index in [-0.39, 0.29) is 5.69 Å². The Morgan fingerprint density at radius 1 is 1.19 bits per heavy atom. The number of anilines is 1. The predicted molar refractivity (Wildman–Crippen MR) is 105 cm³/mol. The van der Waals surface area contributed by atoms with E-state index in [1.54, 1.807) is 30.3 Å². The molecule has 1 heterocycles. The molecular weight excluding hydrogens is 449 g/mol. The highest BCUT2D eigenvalue weighted by Crippen LogP contribution is 2.18. The first-order valence-electron chi connectivity index (χ1n) is 7.66. The highest BCUT2D eigenvalue weighted by molar-refractivity contribution is 14.1. The molecule has 0 radical (unpaired) electrons. The van der Waals surface area contributed by atoms with E-state index in [1.807, 2.05) is 19.1 Å². The number of rotatable bonds is 4. The third kappa shape index (κ3) is 3.90. The van der Waals surface area contributed by atoms with Crippen molar-refractivity contribution in [1.29, 1.82) is 0 Å². The van der Waals surface area contributed by atoms with Gasteiger partial charge in [-0.1, -0.05) is 18.2 Å². The van der Waals surface area contributed by atoms with E-state index >= 15 is 0 Å². The number of benzene rings is 2. The molecule has 0 saturated carbocycles. The molecule has 1 aromatic heterocycles. The number of fused-ring (bicyclic) bond motifs is 1. The minimum absolute atomic E-state index is 0.0431. The van der Waals surface area contributed by atoms with Crippen molar-refractivity contribution in [1.82, 2.24) is 10.2 Å². The van der Waals surface area contributed by atoms with Crippen LogP contribution in [-0.2, 0) is 9.53 Å². The Morgan fingerprint density at radius 2 is 1.92 bits per heavy atom. The van der Waals surface area contributed by atoms with Crippen molar-refractivity contribution in [2.24, 2.45) is 0 Å². The summed E-state index contributed by atoms with van der Waals surface area (Å²) in [6.07, 6.45) is 0. The molecule has 3 aromatic rings. The first-order chi connectivity index (χ1) is 12.5. The normalized spacial score (nSPS) is 10.5. The maximum atomic E-state index is 12.3. The Labute approximate surface area is 161 Å². The van der Waals surface area contributed by atoms with Crippen LogP contribution >= 0.6 is 22.6 Å². The van der Waals surface area contributed by atoms with Crippen molar-refractivity contribution >= 4 is 50.9 Å². The van der Waals surface area contributed by atoms with Gasteiger partial charge in [0.05, 0.1) is 5.39 Å². The summed E-state index contributed by atoms with van der Waals surface area (Å²) in [5.41, 5.74) is 1.12. The van der Waals surface area contributed by atoms with Crippen LogP contribution in [0, 0.1) is 10.5 Å². The summed E-state index contributed by atoms with van der Waals surface area (Å²) in [4.78, 5) is 36.0. The third-order valence-corrected chi connectivity index (χ3v) is 4.36. The zero-order valence-corrected chi connectivity index (χ0v) is 15.9. The second-order valence-corrected chi connectivity index (χ2v) is 6.78. The van der Waals surface area contributed by atoms with Gasteiger partial charge < -0.3 is 10.1 Å². The number of esters is 1. The molecule has 26 heavy (non-hydrogen) atoms. The zero-order valence-electron chi connectivity index (χ0n) is 13.7. The molecule has 0 spiro atoms. The Kier molecular flexibility index (Phi) is 5.31. The van der Waals surface area contributed by atoms with Gasteiger partial charge in [0, 0.05) is 14.6 Å². The molecule has 0 fully saturated rings. The summed E-state index contributed by atoms with van der Waals surface area (Å²) >= 11 is 2.18. The average Bonchev–Trinajstić information content (AvgIpc) is 2.63. The van der Waals surface area contributed by atoms with Gasteiger partial charge in [0.15, 0.2) is 12.3 Å². The molecule has 0 saturated heterocycles. The minimum atomic E-state index is -0.785. The van der Waals surface area contributed by atoms with Crippen LogP contribution in [0.3, 0.4) is 0 Å². The van der Waals surface area contributed by atoms with Gasteiger partial charge in [0.1, 0.15) is 0 Å². The lowest BCUT2D eigenvalue weighted by Gasteiger charge is -2.09. The van der Waals surface area contributed by atoms with Crippen LogP contribution in [0.25, 0.3) is 10.8 Å². The zero-order chi connectivity index (χ0) is 18.7. The van der Waals surface area contributed by atoms with Gasteiger partial charge >= 0.3 is 5.97 Å². The maximum Gasteiger partial charge on any atom is 0.359 e. The first-order valence-corrected chi connectivity index (χ1v) is 8.74. The second kappa shape index (κ2) is 7.65. The number of carbonyl (C=O) groups excluding carboxylic acids is 2. The Balaban J connectivity index is 1.70. The molecule has 0 aliphatic carbocycles. The van der Waals surface area contributed by atoms with Crippen LogP contribution in [0.4, 0.5) is 5.69 Å². The highest BCUT2D eigenvalue weighted by Gasteiger charge is 2.17. The van der Waals surface area contributed by atoms with Crippen molar-refractivity contribution in [2.45, 2.75) is 6.92 Å². The van der Waals surface area contributed by atoms with E-state index in [4.69, 9.17) is 4.74 Å². The fraction of sp³-hybridized carbons (Fsp3) is 0.111.